The predicted octanol–water partition coefficient (Wildman–Crippen LogP) is -0.143. The maximum atomic E-state index is 11.6. The van der Waals surface area contributed by atoms with Gasteiger partial charge in [0.2, 0.25) is 5.56 Å². The molecule has 0 unspecified atom stereocenters. The van der Waals surface area contributed by atoms with Gasteiger partial charge < -0.3 is 15.6 Å². The molecule has 1 amide bonds. The van der Waals surface area contributed by atoms with E-state index in [-0.39, 0.29) is 11.5 Å². The molecule has 3 N–H and O–H groups in total. The van der Waals surface area contributed by atoms with E-state index in [1.165, 1.54) is 25.1 Å². The lowest BCUT2D eigenvalue weighted by molar-refractivity contribution is 0.0953. The van der Waals surface area contributed by atoms with Crippen molar-refractivity contribution in [1.29, 1.82) is 0 Å². The van der Waals surface area contributed by atoms with Crippen LogP contribution in [-0.2, 0) is 0 Å². The van der Waals surface area contributed by atoms with Gasteiger partial charge in [0.1, 0.15) is 0 Å². The maximum Gasteiger partial charge on any atom is 0.251 e. The van der Waals surface area contributed by atoms with Gasteiger partial charge in [-0.25, -0.2) is 0 Å². The van der Waals surface area contributed by atoms with Crippen molar-refractivity contribution in [3.63, 3.8) is 0 Å². The number of hydrogen-bond donors (Lipinski definition) is 3. The molecule has 1 aromatic rings. The van der Waals surface area contributed by atoms with Crippen molar-refractivity contribution in [2.75, 3.05) is 13.1 Å². The molecule has 0 atom stereocenters. The monoisotopic (exact) mass is 221 g/mol. The number of carbonyl (C=O) groups is 1. The molecule has 2 rings (SSSR count). The summed E-state index contributed by atoms with van der Waals surface area (Å²) in [5.74, 6) is -0.205. The number of aromatic amines is 1. The van der Waals surface area contributed by atoms with E-state index < -0.39 is 0 Å². The fourth-order valence-electron chi connectivity index (χ4n) is 1.43. The Bertz CT molecular complexity index is 423. The van der Waals surface area contributed by atoms with E-state index in [2.05, 4.69) is 15.6 Å². The fraction of sp³-hybridized carbons (Fsp3) is 0.455. The van der Waals surface area contributed by atoms with Crippen LogP contribution in [-0.4, -0.2) is 30.0 Å². The first-order valence-corrected chi connectivity index (χ1v) is 5.46. The molecule has 0 aliphatic heterocycles. The average molecular weight is 221 g/mol. The number of H-pyrrole nitrogens is 1. The molecule has 1 aliphatic rings. The lowest BCUT2D eigenvalue weighted by Gasteiger charge is -2.05. The van der Waals surface area contributed by atoms with E-state index in [4.69, 9.17) is 0 Å². The summed E-state index contributed by atoms with van der Waals surface area (Å²) in [6.07, 6.45) is 3.95. The van der Waals surface area contributed by atoms with Gasteiger partial charge in [0.15, 0.2) is 0 Å². The van der Waals surface area contributed by atoms with Crippen LogP contribution in [0.5, 0.6) is 0 Å². The lowest BCUT2D eigenvalue weighted by atomic mass is 10.2. The minimum Gasteiger partial charge on any atom is -0.351 e. The van der Waals surface area contributed by atoms with Crippen molar-refractivity contribution >= 4 is 5.91 Å². The van der Waals surface area contributed by atoms with Gasteiger partial charge in [-0.05, 0) is 18.9 Å². The molecule has 5 heteroatoms. The van der Waals surface area contributed by atoms with E-state index >= 15 is 0 Å². The highest BCUT2D eigenvalue weighted by molar-refractivity contribution is 5.93. The first-order valence-electron chi connectivity index (χ1n) is 5.46. The van der Waals surface area contributed by atoms with E-state index in [1.807, 2.05) is 0 Å². The summed E-state index contributed by atoms with van der Waals surface area (Å²) in [6, 6.07) is 3.53. The molecule has 1 fully saturated rings. The van der Waals surface area contributed by atoms with Crippen molar-refractivity contribution in [3.05, 3.63) is 34.2 Å². The number of amides is 1. The number of aromatic nitrogens is 1. The maximum absolute atomic E-state index is 11.6. The van der Waals surface area contributed by atoms with E-state index in [9.17, 15) is 9.59 Å². The molecular weight excluding hydrogens is 206 g/mol. The zero-order valence-corrected chi connectivity index (χ0v) is 8.95. The Hall–Kier alpha value is -1.62. The van der Waals surface area contributed by atoms with Crippen LogP contribution in [0.25, 0.3) is 0 Å². The van der Waals surface area contributed by atoms with Crippen molar-refractivity contribution in [1.82, 2.24) is 15.6 Å². The van der Waals surface area contributed by atoms with Crippen molar-refractivity contribution in [3.8, 4) is 0 Å². The molecular formula is C11H15N3O2. The molecule has 5 nitrogen and oxygen atoms in total. The van der Waals surface area contributed by atoms with Crippen LogP contribution in [0.4, 0.5) is 0 Å². The van der Waals surface area contributed by atoms with Gasteiger partial charge in [-0.2, -0.15) is 0 Å². The Balaban J connectivity index is 1.76. The minimum atomic E-state index is -0.260. The predicted molar refractivity (Wildman–Crippen MR) is 60.4 cm³/mol. The summed E-state index contributed by atoms with van der Waals surface area (Å²) in [5, 5.41) is 6.05. The first kappa shape index (κ1) is 10.9. The average Bonchev–Trinajstić information content (AvgIpc) is 3.08. The fourth-order valence-corrected chi connectivity index (χ4v) is 1.43. The Labute approximate surface area is 93.3 Å². The highest BCUT2D eigenvalue weighted by atomic mass is 16.2. The standard InChI is InChI=1S/C11H15N3O2/c15-10-7-8(3-4-13-10)11(16)14-6-5-12-9-1-2-9/h3-4,7,9,12H,1-2,5-6H2,(H,13,15)(H,14,16). The molecule has 0 saturated heterocycles. The number of pyridine rings is 1. The molecule has 1 saturated carbocycles. The third-order valence-corrected chi connectivity index (χ3v) is 2.46. The zero-order chi connectivity index (χ0) is 11.4. The molecule has 0 aromatic carbocycles. The number of nitrogens with one attached hydrogen (secondary N) is 3. The second-order valence-electron chi connectivity index (χ2n) is 3.93. The quantitative estimate of drug-likeness (QED) is 0.606. The van der Waals surface area contributed by atoms with Gasteiger partial charge >= 0.3 is 0 Å². The van der Waals surface area contributed by atoms with E-state index in [0.717, 1.165) is 6.54 Å². The Kier molecular flexibility index (Phi) is 3.36. The van der Waals surface area contributed by atoms with Gasteiger partial charge in [-0.3, -0.25) is 9.59 Å². The van der Waals surface area contributed by atoms with Gasteiger partial charge in [0.05, 0.1) is 0 Å². The van der Waals surface area contributed by atoms with Crippen molar-refractivity contribution in [2.24, 2.45) is 0 Å². The summed E-state index contributed by atoms with van der Waals surface area (Å²) >= 11 is 0. The van der Waals surface area contributed by atoms with Gasteiger partial charge in [0, 0.05) is 37.0 Å². The molecule has 0 radical (unpaired) electrons. The molecule has 1 aromatic heterocycles. The number of rotatable bonds is 5. The van der Waals surface area contributed by atoms with Crippen LogP contribution < -0.4 is 16.2 Å². The van der Waals surface area contributed by atoms with Gasteiger partial charge in [-0.1, -0.05) is 0 Å². The molecule has 1 aliphatic carbocycles. The molecule has 1 heterocycles. The smallest absolute Gasteiger partial charge is 0.251 e. The highest BCUT2D eigenvalue weighted by Crippen LogP contribution is 2.17. The summed E-state index contributed by atoms with van der Waals surface area (Å²) in [6.45, 7) is 1.36. The molecule has 86 valence electrons. The Morgan fingerprint density at radius 2 is 2.25 bits per heavy atom. The molecule has 16 heavy (non-hydrogen) atoms. The third-order valence-electron chi connectivity index (χ3n) is 2.46. The van der Waals surface area contributed by atoms with E-state index in [1.54, 1.807) is 6.07 Å². The van der Waals surface area contributed by atoms with Gasteiger partial charge in [0.25, 0.3) is 5.91 Å². The van der Waals surface area contributed by atoms with Crippen LogP contribution in [0.1, 0.15) is 23.2 Å². The second-order valence-corrected chi connectivity index (χ2v) is 3.93. The topological polar surface area (TPSA) is 74.0 Å². The summed E-state index contributed by atoms with van der Waals surface area (Å²) in [7, 11) is 0. The summed E-state index contributed by atoms with van der Waals surface area (Å²) in [4.78, 5) is 25.0. The lowest BCUT2D eigenvalue weighted by Crippen LogP contribution is -2.33. The summed E-state index contributed by atoms with van der Waals surface area (Å²) < 4.78 is 0. The van der Waals surface area contributed by atoms with E-state index in [0.29, 0.717) is 18.2 Å². The first-order chi connectivity index (χ1) is 7.75. The van der Waals surface area contributed by atoms with Crippen molar-refractivity contribution in [2.45, 2.75) is 18.9 Å². The Morgan fingerprint density at radius 3 is 2.94 bits per heavy atom. The zero-order valence-electron chi connectivity index (χ0n) is 8.95. The molecule has 0 bridgehead atoms. The molecule has 0 spiro atoms. The number of hydrogen-bond acceptors (Lipinski definition) is 3. The largest absolute Gasteiger partial charge is 0.351 e. The van der Waals surface area contributed by atoms with Crippen LogP contribution in [0.15, 0.2) is 23.1 Å². The second kappa shape index (κ2) is 4.94. The van der Waals surface area contributed by atoms with Crippen LogP contribution in [0.2, 0.25) is 0 Å². The summed E-state index contributed by atoms with van der Waals surface area (Å²) in [5.41, 5.74) is 0.138. The SMILES string of the molecule is O=C(NCCNC1CC1)c1cc[nH]c(=O)c1. The Morgan fingerprint density at radius 1 is 1.44 bits per heavy atom. The minimum absolute atomic E-state index is 0.205. The third kappa shape index (κ3) is 3.20. The van der Waals surface area contributed by atoms with Crippen LogP contribution >= 0.6 is 0 Å². The van der Waals surface area contributed by atoms with Crippen molar-refractivity contribution < 1.29 is 4.79 Å². The van der Waals surface area contributed by atoms with Crippen LogP contribution in [0, 0.1) is 0 Å². The highest BCUT2D eigenvalue weighted by Gasteiger charge is 2.19. The number of carbonyl (C=O) groups excluding carboxylic acids is 1. The van der Waals surface area contributed by atoms with Crippen LogP contribution in [0.3, 0.4) is 0 Å². The normalized spacial score (nSPS) is 14.8. The van der Waals surface area contributed by atoms with Gasteiger partial charge in [-0.15, -0.1) is 0 Å².